The molecule has 3 rings (SSSR count). The van der Waals surface area contributed by atoms with Crippen LogP contribution in [0.15, 0.2) is 48.5 Å². The monoisotopic (exact) mass is 311 g/mol. The second-order valence-electron chi connectivity index (χ2n) is 6.37. The van der Waals surface area contributed by atoms with E-state index in [1.54, 1.807) is 17.0 Å². The molecule has 0 aromatic heterocycles. The van der Waals surface area contributed by atoms with Gasteiger partial charge in [-0.1, -0.05) is 36.4 Å². The average Bonchev–Trinajstić information content (AvgIpc) is 2.97. The summed E-state index contributed by atoms with van der Waals surface area (Å²) >= 11 is 0. The molecule has 0 aliphatic heterocycles. The van der Waals surface area contributed by atoms with E-state index in [9.17, 15) is 9.18 Å². The number of carbonyl (C=O) groups excluding carboxylic acids is 1. The minimum atomic E-state index is -0.252. The number of halogens is 1. The van der Waals surface area contributed by atoms with Crippen LogP contribution in [0.2, 0.25) is 0 Å². The van der Waals surface area contributed by atoms with E-state index in [4.69, 9.17) is 0 Å². The van der Waals surface area contributed by atoms with E-state index in [0.717, 1.165) is 18.4 Å². The van der Waals surface area contributed by atoms with Gasteiger partial charge < -0.3 is 4.90 Å². The number of hydrogen-bond acceptors (Lipinski definition) is 1. The lowest BCUT2D eigenvalue weighted by atomic mass is 9.96. The standard InChI is InChI=1S/C20H22FNO/c1-14(15-9-11-18(21)12-10-15)22(2)20(23)13-17-8-7-16-5-3-4-6-19(16)17/h3-6,9-12,14,17H,7-8,13H2,1-2H3. The molecule has 0 fully saturated rings. The topological polar surface area (TPSA) is 20.3 Å². The molecule has 2 aromatic rings. The van der Waals surface area contributed by atoms with E-state index in [0.29, 0.717) is 12.3 Å². The van der Waals surface area contributed by atoms with Gasteiger partial charge in [-0.3, -0.25) is 4.79 Å². The van der Waals surface area contributed by atoms with E-state index >= 15 is 0 Å². The quantitative estimate of drug-likeness (QED) is 0.816. The highest BCUT2D eigenvalue weighted by Gasteiger charge is 2.27. The molecule has 23 heavy (non-hydrogen) atoms. The molecular formula is C20H22FNO. The Bertz CT molecular complexity index is 695. The summed E-state index contributed by atoms with van der Waals surface area (Å²) < 4.78 is 13.0. The predicted molar refractivity (Wildman–Crippen MR) is 89.7 cm³/mol. The van der Waals surface area contributed by atoms with Crippen molar-refractivity contribution in [3.05, 3.63) is 71.0 Å². The van der Waals surface area contributed by atoms with Crippen molar-refractivity contribution >= 4 is 5.91 Å². The molecule has 1 aliphatic rings. The molecule has 1 amide bonds. The third-order valence-corrected chi connectivity index (χ3v) is 5.00. The Balaban J connectivity index is 1.67. The molecule has 3 heteroatoms. The van der Waals surface area contributed by atoms with E-state index in [1.165, 1.54) is 23.3 Å². The van der Waals surface area contributed by atoms with Crippen molar-refractivity contribution < 1.29 is 9.18 Å². The second-order valence-corrected chi connectivity index (χ2v) is 6.37. The van der Waals surface area contributed by atoms with E-state index < -0.39 is 0 Å². The Labute approximate surface area is 136 Å². The highest BCUT2D eigenvalue weighted by atomic mass is 19.1. The van der Waals surface area contributed by atoms with Crippen LogP contribution in [0.4, 0.5) is 4.39 Å². The zero-order chi connectivity index (χ0) is 16.4. The van der Waals surface area contributed by atoms with Gasteiger partial charge in [-0.25, -0.2) is 4.39 Å². The first-order valence-electron chi connectivity index (χ1n) is 8.15. The molecule has 0 N–H and O–H groups in total. The van der Waals surface area contributed by atoms with Gasteiger partial charge in [-0.2, -0.15) is 0 Å². The second kappa shape index (κ2) is 6.53. The number of nitrogens with zero attached hydrogens (tertiary/aromatic N) is 1. The Hall–Kier alpha value is -2.16. The Morgan fingerprint density at radius 2 is 1.91 bits per heavy atom. The van der Waals surface area contributed by atoms with Crippen molar-refractivity contribution in [1.29, 1.82) is 0 Å². The van der Waals surface area contributed by atoms with Gasteiger partial charge in [-0.15, -0.1) is 0 Å². The maximum Gasteiger partial charge on any atom is 0.223 e. The average molecular weight is 311 g/mol. The largest absolute Gasteiger partial charge is 0.339 e. The van der Waals surface area contributed by atoms with Gasteiger partial charge in [0.05, 0.1) is 6.04 Å². The van der Waals surface area contributed by atoms with Crippen LogP contribution in [0.1, 0.15) is 48.4 Å². The van der Waals surface area contributed by atoms with Crippen LogP contribution in [-0.4, -0.2) is 17.9 Å². The van der Waals surface area contributed by atoms with Crippen LogP contribution in [0.3, 0.4) is 0 Å². The lowest BCUT2D eigenvalue weighted by Crippen LogP contribution is -2.30. The number of aryl methyl sites for hydroxylation is 1. The van der Waals surface area contributed by atoms with Gasteiger partial charge in [0.15, 0.2) is 0 Å². The summed E-state index contributed by atoms with van der Waals surface area (Å²) in [5, 5.41) is 0. The summed E-state index contributed by atoms with van der Waals surface area (Å²) in [6, 6.07) is 14.7. The molecule has 1 aliphatic carbocycles. The van der Waals surface area contributed by atoms with Crippen LogP contribution < -0.4 is 0 Å². The molecule has 0 spiro atoms. The zero-order valence-electron chi connectivity index (χ0n) is 13.6. The minimum Gasteiger partial charge on any atom is -0.339 e. The SMILES string of the molecule is CC(c1ccc(F)cc1)N(C)C(=O)CC1CCc2ccccc21. The molecule has 2 unspecified atom stereocenters. The summed E-state index contributed by atoms with van der Waals surface area (Å²) in [6.45, 7) is 1.98. The summed E-state index contributed by atoms with van der Waals surface area (Å²) in [6.07, 6.45) is 2.65. The first-order valence-corrected chi connectivity index (χ1v) is 8.15. The third-order valence-electron chi connectivity index (χ3n) is 5.00. The Morgan fingerprint density at radius 1 is 1.22 bits per heavy atom. The smallest absolute Gasteiger partial charge is 0.223 e. The number of rotatable bonds is 4. The van der Waals surface area contributed by atoms with Crippen molar-refractivity contribution in [1.82, 2.24) is 4.90 Å². The number of benzene rings is 2. The molecule has 0 bridgehead atoms. The fourth-order valence-electron chi connectivity index (χ4n) is 3.39. The van der Waals surface area contributed by atoms with Crippen molar-refractivity contribution in [2.75, 3.05) is 7.05 Å². The summed E-state index contributed by atoms with van der Waals surface area (Å²) in [5.41, 5.74) is 3.65. The highest BCUT2D eigenvalue weighted by molar-refractivity contribution is 5.77. The van der Waals surface area contributed by atoms with Crippen molar-refractivity contribution in [3.8, 4) is 0 Å². The van der Waals surface area contributed by atoms with E-state index in [2.05, 4.69) is 18.2 Å². The fourth-order valence-corrected chi connectivity index (χ4v) is 3.39. The third kappa shape index (κ3) is 3.29. The fraction of sp³-hybridized carbons (Fsp3) is 0.350. The molecule has 0 heterocycles. The Morgan fingerprint density at radius 3 is 2.65 bits per heavy atom. The molecule has 2 aromatic carbocycles. The first kappa shape index (κ1) is 15.7. The number of hydrogen-bond donors (Lipinski definition) is 0. The predicted octanol–water partition coefficient (Wildman–Crippen LogP) is 4.47. The van der Waals surface area contributed by atoms with Gasteiger partial charge in [-0.05, 0) is 54.5 Å². The summed E-state index contributed by atoms with van der Waals surface area (Å²) in [7, 11) is 1.83. The lowest BCUT2D eigenvalue weighted by molar-refractivity contribution is -0.132. The maximum atomic E-state index is 13.0. The van der Waals surface area contributed by atoms with Crippen LogP contribution in [0.25, 0.3) is 0 Å². The van der Waals surface area contributed by atoms with Gasteiger partial charge >= 0.3 is 0 Å². The van der Waals surface area contributed by atoms with Crippen LogP contribution in [-0.2, 0) is 11.2 Å². The molecular weight excluding hydrogens is 289 g/mol. The van der Waals surface area contributed by atoms with Crippen LogP contribution in [0, 0.1) is 5.82 Å². The molecule has 0 saturated carbocycles. The molecule has 0 saturated heterocycles. The molecule has 2 atom stereocenters. The van der Waals surface area contributed by atoms with Crippen LogP contribution >= 0.6 is 0 Å². The van der Waals surface area contributed by atoms with Crippen molar-refractivity contribution in [2.24, 2.45) is 0 Å². The normalized spacial score (nSPS) is 17.6. The minimum absolute atomic E-state index is 0.0558. The maximum absolute atomic E-state index is 13.0. The number of carbonyl (C=O) groups is 1. The van der Waals surface area contributed by atoms with Crippen molar-refractivity contribution in [3.63, 3.8) is 0 Å². The number of fused-ring (bicyclic) bond motifs is 1. The molecule has 0 radical (unpaired) electrons. The van der Waals surface area contributed by atoms with E-state index in [1.807, 2.05) is 20.0 Å². The lowest BCUT2D eigenvalue weighted by Gasteiger charge is -2.27. The molecule has 120 valence electrons. The first-order chi connectivity index (χ1) is 11.1. The Kier molecular flexibility index (Phi) is 4.46. The van der Waals surface area contributed by atoms with Gasteiger partial charge in [0.2, 0.25) is 5.91 Å². The van der Waals surface area contributed by atoms with E-state index in [-0.39, 0.29) is 17.8 Å². The summed E-state index contributed by atoms with van der Waals surface area (Å²) in [5.74, 6) is 0.211. The van der Waals surface area contributed by atoms with Gasteiger partial charge in [0.1, 0.15) is 5.82 Å². The highest BCUT2D eigenvalue weighted by Crippen LogP contribution is 2.36. The zero-order valence-corrected chi connectivity index (χ0v) is 13.6. The van der Waals surface area contributed by atoms with Gasteiger partial charge in [0, 0.05) is 13.5 Å². The molecule has 2 nitrogen and oxygen atoms in total. The van der Waals surface area contributed by atoms with Crippen LogP contribution in [0.5, 0.6) is 0 Å². The number of amides is 1. The summed E-state index contributed by atoms with van der Waals surface area (Å²) in [4.78, 5) is 14.4. The van der Waals surface area contributed by atoms with Gasteiger partial charge in [0.25, 0.3) is 0 Å². The van der Waals surface area contributed by atoms with Crippen molar-refractivity contribution in [2.45, 2.75) is 38.1 Å².